The van der Waals surface area contributed by atoms with E-state index in [1.807, 2.05) is 22.7 Å². The average molecular weight is 745 g/mol. The molecule has 276 valence electrons. The SMILES string of the molecule is CC(C)(C)c1cccc(-c2cccc3c2sc2ccccc23)c1C(C)(C)C.CC(C)(C)c1cccc(-c2cccc3sc4ccccc4c23)c1C(C)(C)C. The molecule has 0 unspecified atom stereocenters. The van der Waals surface area contributed by atoms with Gasteiger partial charge in [0, 0.05) is 40.3 Å². The van der Waals surface area contributed by atoms with E-state index in [9.17, 15) is 0 Å². The highest BCUT2D eigenvalue weighted by atomic mass is 32.1. The first-order chi connectivity index (χ1) is 25.4. The van der Waals surface area contributed by atoms with Crippen LogP contribution in [0.15, 0.2) is 121 Å². The van der Waals surface area contributed by atoms with Crippen molar-refractivity contribution >= 4 is 63.0 Å². The van der Waals surface area contributed by atoms with Crippen LogP contribution in [0.2, 0.25) is 0 Å². The number of rotatable bonds is 2. The summed E-state index contributed by atoms with van der Waals surface area (Å²) in [6, 6.07) is 44.8. The van der Waals surface area contributed by atoms with Gasteiger partial charge in [0.15, 0.2) is 0 Å². The summed E-state index contributed by atoms with van der Waals surface area (Å²) in [7, 11) is 0. The molecular weight excluding hydrogens is 689 g/mol. The lowest BCUT2D eigenvalue weighted by Crippen LogP contribution is -2.23. The molecule has 0 amide bonds. The predicted octanol–water partition coefficient (Wildman–Crippen LogP) is 16.6. The predicted molar refractivity (Wildman–Crippen MR) is 244 cm³/mol. The van der Waals surface area contributed by atoms with Crippen LogP contribution >= 0.6 is 22.7 Å². The van der Waals surface area contributed by atoms with Gasteiger partial charge >= 0.3 is 0 Å². The van der Waals surface area contributed by atoms with Crippen molar-refractivity contribution < 1.29 is 0 Å². The standard InChI is InChI=1S/2C26H28S/c1-25(2,3)21-15-10-12-18(23(21)26(4,5)6)20-14-9-13-19-17-11-7-8-16-22(17)27-24(19)20;1-25(2,3)20-14-9-13-18(24(20)26(4,5)6)17-12-10-16-22-23(17)19-11-7-8-15-21(19)27-22/h2*7-16H,1-6H3. The third-order valence-electron chi connectivity index (χ3n) is 10.6. The van der Waals surface area contributed by atoms with Gasteiger partial charge in [-0.2, -0.15) is 0 Å². The highest BCUT2D eigenvalue weighted by molar-refractivity contribution is 7.26. The molecule has 8 rings (SSSR count). The fraction of sp³-hybridized carbons (Fsp3) is 0.308. The summed E-state index contributed by atoms with van der Waals surface area (Å²) in [5, 5.41) is 5.50. The van der Waals surface area contributed by atoms with Gasteiger partial charge in [-0.15, -0.1) is 22.7 Å². The third-order valence-corrected chi connectivity index (χ3v) is 13.0. The van der Waals surface area contributed by atoms with Gasteiger partial charge < -0.3 is 0 Å². The van der Waals surface area contributed by atoms with Crippen LogP contribution < -0.4 is 0 Å². The molecule has 2 heterocycles. The Labute approximate surface area is 331 Å². The maximum absolute atomic E-state index is 2.34. The van der Waals surface area contributed by atoms with E-state index in [2.05, 4.69) is 204 Å². The Kier molecular flexibility index (Phi) is 9.73. The van der Waals surface area contributed by atoms with Gasteiger partial charge in [0.05, 0.1) is 0 Å². The Hall–Kier alpha value is -4.24. The normalized spacial score (nSPS) is 12.8. The van der Waals surface area contributed by atoms with Crippen molar-refractivity contribution in [3.8, 4) is 22.3 Å². The summed E-state index contributed by atoms with van der Waals surface area (Å²) in [6.07, 6.45) is 0. The van der Waals surface area contributed by atoms with Crippen molar-refractivity contribution in [3.63, 3.8) is 0 Å². The molecule has 0 fully saturated rings. The second-order valence-corrected chi connectivity index (χ2v) is 21.1. The first kappa shape index (κ1) is 38.1. The van der Waals surface area contributed by atoms with Crippen molar-refractivity contribution in [1.29, 1.82) is 0 Å². The van der Waals surface area contributed by atoms with Gasteiger partial charge in [-0.25, -0.2) is 0 Å². The molecule has 0 aliphatic carbocycles. The zero-order valence-electron chi connectivity index (χ0n) is 34.4. The van der Waals surface area contributed by atoms with Crippen LogP contribution in [0.5, 0.6) is 0 Å². The lowest BCUT2D eigenvalue weighted by molar-refractivity contribution is 0.531. The van der Waals surface area contributed by atoms with Crippen LogP contribution in [0.4, 0.5) is 0 Å². The minimum absolute atomic E-state index is 0.0766. The minimum Gasteiger partial charge on any atom is -0.135 e. The van der Waals surface area contributed by atoms with Crippen LogP contribution in [0.3, 0.4) is 0 Å². The van der Waals surface area contributed by atoms with E-state index in [4.69, 9.17) is 0 Å². The molecule has 2 aromatic heterocycles. The Bertz CT molecular complexity index is 2620. The van der Waals surface area contributed by atoms with Crippen molar-refractivity contribution in [2.24, 2.45) is 0 Å². The van der Waals surface area contributed by atoms with E-state index in [0.717, 1.165) is 0 Å². The number of benzene rings is 6. The van der Waals surface area contributed by atoms with E-state index >= 15 is 0 Å². The monoisotopic (exact) mass is 744 g/mol. The van der Waals surface area contributed by atoms with Crippen LogP contribution in [-0.4, -0.2) is 0 Å². The molecule has 0 aliphatic rings. The Balaban J connectivity index is 0.000000167. The van der Waals surface area contributed by atoms with E-state index in [1.165, 1.54) is 84.9 Å². The quantitative estimate of drug-likeness (QED) is 0.165. The van der Waals surface area contributed by atoms with Gasteiger partial charge in [-0.05, 0) is 84.4 Å². The Morgan fingerprint density at radius 1 is 0.315 bits per heavy atom. The average Bonchev–Trinajstić information content (AvgIpc) is 3.68. The molecule has 0 atom stereocenters. The molecule has 0 saturated carbocycles. The summed E-state index contributed by atoms with van der Waals surface area (Å²) in [5.74, 6) is 0. The zero-order chi connectivity index (χ0) is 38.8. The Morgan fingerprint density at radius 3 is 1.28 bits per heavy atom. The zero-order valence-corrected chi connectivity index (χ0v) is 36.0. The number of thiophene rings is 2. The molecule has 0 N–H and O–H groups in total. The van der Waals surface area contributed by atoms with Crippen molar-refractivity contribution in [1.82, 2.24) is 0 Å². The van der Waals surface area contributed by atoms with Crippen molar-refractivity contribution in [2.45, 2.75) is 105 Å². The van der Waals surface area contributed by atoms with Gasteiger partial charge in [0.1, 0.15) is 0 Å². The summed E-state index contributed by atoms with van der Waals surface area (Å²) in [5.41, 5.74) is 11.7. The third kappa shape index (κ3) is 7.04. The van der Waals surface area contributed by atoms with Crippen molar-refractivity contribution in [2.75, 3.05) is 0 Å². The molecule has 6 aromatic carbocycles. The van der Waals surface area contributed by atoms with E-state index in [0.29, 0.717) is 0 Å². The second-order valence-electron chi connectivity index (χ2n) is 19.0. The van der Waals surface area contributed by atoms with Crippen LogP contribution in [0, 0.1) is 0 Å². The summed E-state index contributed by atoms with van der Waals surface area (Å²) >= 11 is 3.81. The minimum atomic E-state index is 0.0766. The van der Waals surface area contributed by atoms with Crippen LogP contribution in [-0.2, 0) is 21.7 Å². The summed E-state index contributed by atoms with van der Waals surface area (Å²) < 4.78 is 5.50. The highest BCUT2D eigenvalue weighted by Gasteiger charge is 2.30. The van der Waals surface area contributed by atoms with E-state index < -0.39 is 0 Å². The fourth-order valence-corrected chi connectivity index (χ4v) is 10.7. The maximum Gasteiger partial charge on any atom is 0.0433 e. The molecule has 0 nitrogen and oxygen atoms in total. The van der Waals surface area contributed by atoms with E-state index in [1.54, 1.807) is 0 Å². The molecule has 0 saturated heterocycles. The molecule has 2 heteroatoms. The first-order valence-corrected chi connectivity index (χ1v) is 21.1. The number of hydrogen-bond donors (Lipinski definition) is 0. The largest absolute Gasteiger partial charge is 0.135 e. The molecule has 0 radical (unpaired) electrons. The highest BCUT2D eigenvalue weighted by Crippen LogP contribution is 2.47. The van der Waals surface area contributed by atoms with Gasteiger partial charge in [-0.1, -0.05) is 186 Å². The molecule has 0 spiro atoms. The number of fused-ring (bicyclic) bond motifs is 6. The van der Waals surface area contributed by atoms with Gasteiger partial charge in [-0.3, -0.25) is 0 Å². The fourth-order valence-electron chi connectivity index (χ4n) is 8.38. The lowest BCUT2D eigenvalue weighted by Gasteiger charge is -2.32. The van der Waals surface area contributed by atoms with E-state index in [-0.39, 0.29) is 21.7 Å². The molecule has 0 aliphatic heterocycles. The Morgan fingerprint density at radius 2 is 0.722 bits per heavy atom. The van der Waals surface area contributed by atoms with Crippen LogP contribution in [0.1, 0.15) is 105 Å². The van der Waals surface area contributed by atoms with Gasteiger partial charge in [0.2, 0.25) is 0 Å². The summed E-state index contributed by atoms with van der Waals surface area (Å²) in [4.78, 5) is 0. The number of hydrogen-bond acceptors (Lipinski definition) is 2. The first-order valence-electron chi connectivity index (χ1n) is 19.4. The van der Waals surface area contributed by atoms with Crippen LogP contribution in [0.25, 0.3) is 62.6 Å². The summed E-state index contributed by atoms with van der Waals surface area (Å²) in [6.45, 7) is 28.0. The lowest BCUT2D eigenvalue weighted by atomic mass is 9.72. The maximum atomic E-state index is 2.34. The smallest absolute Gasteiger partial charge is 0.0433 e. The van der Waals surface area contributed by atoms with Crippen molar-refractivity contribution in [3.05, 3.63) is 144 Å². The molecule has 0 bridgehead atoms. The molecule has 54 heavy (non-hydrogen) atoms. The molecule has 8 aromatic rings. The molecular formula is C52H56S2. The van der Waals surface area contributed by atoms with Gasteiger partial charge in [0.25, 0.3) is 0 Å². The second kappa shape index (κ2) is 13.8. The topological polar surface area (TPSA) is 0 Å².